The van der Waals surface area contributed by atoms with Crippen molar-refractivity contribution in [2.45, 2.75) is 45.6 Å². The van der Waals surface area contributed by atoms with Crippen LogP contribution < -0.4 is 9.62 Å². The van der Waals surface area contributed by atoms with Crippen LogP contribution in [0.25, 0.3) is 0 Å². The third-order valence-electron chi connectivity index (χ3n) is 4.52. The Balaban J connectivity index is 1.93. The fourth-order valence-corrected chi connectivity index (χ4v) is 4.30. The summed E-state index contributed by atoms with van der Waals surface area (Å²) >= 11 is 0. The van der Waals surface area contributed by atoms with Crippen LogP contribution >= 0.6 is 0 Å². The Hall–Kier alpha value is -2.34. The SMILES string of the molecule is Cc1ccccc1N(CCCC(=O)NC(C)(C)Cc1ccccc1)S(C)(=O)=O. The van der Waals surface area contributed by atoms with Gasteiger partial charge in [0.1, 0.15) is 0 Å². The van der Waals surface area contributed by atoms with Crippen LogP contribution in [0, 0.1) is 6.92 Å². The van der Waals surface area contributed by atoms with E-state index in [0.29, 0.717) is 12.1 Å². The number of para-hydroxylation sites is 1. The first kappa shape index (κ1) is 22.0. The van der Waals surface area contributed by atoms with Gasteiger partial charge in [-0.25, -0.2) is 8.42 Å². The molecule has 0 aliphatic carbocycles. The monoisotopic (exact) mass is 402 g/mol. The topological polar surface area (TPSA) is 66.5 Å². The Labute approximate surface area is 168 Å². The lowest BCUT2D eigenvalue weighted by Gasteiger charge is -2.27. The van der Waals surface area contributed by atoms with Gasteiger partial charge in [-0.2, -0.15) is 0 Å². The average molecular weight is 403 g/mol. The summed E-state index contributed by atoms with van der Waals surface area (Å²) in [4.78, 5) is 12.4. The van der Waals surface area contributed by atoms with Gasteiger partial charge in [-0.1, -0.05) is 48.5 Å². The molecule has 2 aromatic carbocycles. The van der Waals surface area contributed by atoms with Gasteiger partial charge < -0.3 is 5.32 Å². The predicted molar refractivity (Wildman–Crippen MR) is 115 cm³/mol. The summed E-state index contributed by atoms with van der Waals surface area (Å²) in [7, 11) is -3.41. The highest BCUT2D eigenvalue weighted by atomic mass is 32.2. The third kappa shape index (κ3) is 6.68. The number of benzene rings is 2. The molecule has 0 aliphatic heterocycles. The molecule has 0 heterocycles. The normalized spacial score (nSPS) is 11.9. The van der Waals surface area contributed by atoms with Crippen molar-refractivity contribution in [3.05, 3.63) is 65.7 Å². The van der Waals surface area contributed by atoms with Gasteiger partial charge in [-0.3, -0.25) is 9.10 Å². The molecule has 0 aliphatic rings. The molecule has 2 aromatic rings. The molecular formula is C22H30N2O3S. The Morgan fingerprint density at radius 2 is 1.64 bits per heavy atom. The molecule has 1 N–H and O–H groups in total. The molecule has 0 spiro atoms. The van der Waals surface area contributed by atoms with Crippen LogP contribution in [0.4, 0.5) is 5.69 Å². The van der Waals surface area contributed by atoms with Crippen molar-refractivity contribution >= 4 is 21.6 Å². The van der Waals surface area contributed by atoms with Crippen LogP contribution in [-0.2, 0) is 21.2 Å². The van der Waals surface area contributed by atoms with E-state index in [9.17, 15) is 13.2 Å². The number of aryl methyl sites for hydroxylation is 1. The van der Waals surface area contributed by atoms with Crippen molar-refractivity contribution in [2.24, 2.45) is 0 Å². The van der Waals surface area contributed by atoms with Gasteiger partial charge in [0, 0.05) is 18.5 Å². The van der Waals surface area contributed by atoms with Gasteiger partial charge in [0.15, 0.2) is 0 Å². The highest BCUT2D eigenvalue weighted by Gasteiger charge is 2.22. The molecule has 1 amide bonds. The molecule has 28 heavy (non-hydrogen) atoms. The molecule has 0 bridgehead atoms. The number of nitrogens with zero attached hydrogens (tertiary/aromatic N) is 1. The summed E-state index contributed by atoms with van der Waals surface area (Å²) in [5.41, 5.74) is 2.34. The van der Waals surface area contributed by atoms with Gasteiger partial charge in [0.2, 0.25) is 15.9 Å². The molecular weight excluding hydrogens is 372 g/mol. The van der Waals surface area contributed by atoms with E-state index < -0.39 is 10.0 Å². The Bertz CT molecular complexity index is 893. The Kier molecular flexibility index (Phi) is 7.24. The number of carbonyl (C=O) groups is 1. The van der Waals surface area contributed by atoms with Crippen molar-refractivity contribution in [1.29, 1.82) is 0 Å². The molecule has 152 valence electrons. The van der Waals surface area contributed by atoms with Crippen LogP contribution in [0.1, 0.15) is 37.8 Å². The van der Waals surface area contributed by atoms with Crippen molar-refractivity contribution in [1.82, 2.24) is 5.32 Å². The van der Waals surface area contributed by atoms with Gasteiger partial charge in [0.25, 0.3) is 0 Å². The lowest BCUT2D eigenvalue weighted by molar-refractivity contribution is -0.122. The summed E-state index contributed by atoms with van der Waals surface area (Å²) in [6.45, 7) is 6.14. The summed E-state index contributed by atoms with van der Waals surface area (Å²) in [6.07, 6.45) is 2.66. The number of amides is 1. The molecule has 5 nitrogen and oxygen atoms in total. The molecule has 0 unspecified atom stereocenters. The summed E-state index contributed by atoms with van der Waals surface area (Å²) in [6, 6.07) is 17.4. The van der Waals surface area contributed by atoms with Crippen LogP contribution in [0.3, 0.4) is 0 Å². The number of nitrogens with one attached hydrogen (secondary N) is 1. The average Bonchev–Trinajstić information content (AvgIpc) is 2.58. The number of sulfonamides is 1. The van der Waals surface area contributed by atoms with Crippen LogP contribution in [0.15, 0.2) is 54.6 Å². The van der Waals surface area contributed by atoms with E-state index in [4.69, 9.17) is 0 Å². The van der Waals surface area contributed by atoms with E-state index in [-0.39, 0.29) is 24.4 Å². The van der Waals surface area contributed by atoms with Gasteiger partial charge in [-0.05, 0) is 50.8 Å². The third-order valence-corrected chi connectivity index (χ3v) is 5.70. The van der Waals surface area contributed by atoms with Gasteiger partial charge in [-0.15, -0.1) is 0 Å². The number of carbonyl (C=O) groups excluding carboxylic acids is 1. The molecule has 2 rings (SSSR count). The Morgan fingerprint density at radius 3 is 2.25 bits per heavy atom. The molecule has 0 saturated carbocycles. The zero-order chi connectivity index (χ0) is 20.8. The van der Waals surface area contributed by atoms with E-state index in [1.165, 1.54) is 10.6 Å². The van der Waals surface area contributed by atoms with Gasteiger partial charge in [0.05, 0.1) is 11.9 Å². The largest absolute Gasteiger partial charge is 0.351 e. The van der Waals surface area contributed by atoms with E-state index in [1.54, 1.807) is 6.07 Å². The van der Waals surface area contributed by atoms with Crippen LogP contribution in [0.5, 0.6) is 0 Å². The fourth-order valence-electron chi connectivity index (χ4n) is 3.28. The summed E-state index contributed by atoms with van der Waals surface area (Å²) in [5.74, 6) is -0.0702. The molecule has 0 atom stereocenters. The van der Waals surface area contributed by atoms with Crippen molar-refractivity contribution in [3.8, 4) is 0 Å². The first-order chi connectivity index (χ1) is 13.1. The van der Waals surface area contributed by atoms with E-state index in [1.807, 2.05) is 69.3 Å². The second-order valence-electron chi connectivity index (χ2n) is 7.82. The van der Waals surface area contributed by atoms with E-state index >= 15 is 0 Å². The fraction of sp³-hybridized carbons (Fsp3) is 0.409. The van der Waals surface area contributed by atoms with E-state index in [0.717, 1.165) is 17.5 Å². The maximum Gasteiger partial charge on any atom is 0.232 e. The predicted octanol–water partition coefficient (Wildman–Crippen LogP) is 3.68. The quantitative estimate of drug-likeness (QED) is 0.696. The zero-order valence-electron chi connectivity index (χ0n) is 17.1. The van der Waals surface area contributed by atoms with Crippen LogP contribution in [-0.4, -0.2) is 32.7 Å². The molecule has 0 aromatic heterocycles. The number of anilines is 1. The number of hydrogen-bond acceptors (Lipinski definition) is 3. The molecule has 6 heteroatoms. The van der Waals surface area contributed by atoms with Crippen molar-refractivity contribution < 1.29 is 13.2 Å². The lowest BCUT2D eigenvalue weighted by atomic mass is 9.94. The number of hydrogen-bond donors (Lipinski definition) is 1. The molecule has 0 saturated heterocycles. The standard InChI is InChI=1S/C22H30N2O3S/c1-18-11-8-9-14-20(18)24(28(4,26)27)16-10-15-21(25)23-22(2,3)17-19-12-6-5-7-13-19/h5-9,11-14H,10,15-17H2,1-4H3,(H,23,25). The smallest absolute Gasteiger partial charge is 0.232 e. The minimum absolute atomic E-state index is 0.0702. The minimum atomic E-state index is -3.41. The maximum absolute atomic E-state index is 12.4. The lowest BCUT2D eigenvalue weighted by Crippen LogP contribution is -2.45. The van der Waals surface area contributed by atoms with Gasteiger partial charge >= 0.3 is 0 Å². The highest BCUT2D eigenvalue weighted by Crippen LogP contribution is 2.22. The molecule has 0 fully saturated rings. The van der Waals surface area contributed by atoms with E-state index in [2.05, 4.69) is 5.32 Å². The highest BCUT2D eigenvalue weighted by molar-refractivity contribution is 7.92. The second kappa shape index (κ2) is 9.24. The minimum Gasteiger partial charge on any atom is -0.351 e. The first-order valence-corrected chi connectivity index (χ1v) is 11.3. The number of rotatable bonds is 9. The maximum atomic E-state index is 12.4. The molecule has 0 radical (unpaired) electrons. The zero-order valence-corrected chi connectivity index (χ0v) is 17.9. The summed E-state index contributed by atoms with van der Waals surface area (Å²) in [5, 5.41) is 3.06. The second-order valence-corrected chi connectivity index (χ2v) is 9.73. The first-order valence-electron chi connectivity index (χ1n) is 9.47. The van der Waals surface area contributed by atoms with Crippen molar-refractivity contribution in [3.63, 3.8) is 0 Å². The Morgan fingerprint density at radius 1 is 1.04 bits per heavy atom. The van der Waals surface area contributed by atoms with Crippen molar-refractivity contribution in [2.75, 3.05) is 17.1 Å². The summed E-state index contributed by atoms with van der Waals surface area (Å²) < 4.78 is 25.8. The van der Waals surface area contributed by atoms with Crippen LogP contribution in [0.2, 0.25) is 0 Å².